The predicted octanol–water partition coefficient (Wildman–Crippen LogP) is 0.293. The molecule has 0 fully saturated rings. The standard InChI is InChI=1S/C13H22N4O2/c1-18-10-9-16-13(17-14)15-8-7-11-5-3-4-6-12(11)19-2/h3-6H,7-10,14H2,1-2H3,(H2,15,16,17). The highest BCUT2D eigenvalue weighted by atomic mass is 16.5. The lowest BCUT2D eigenvalue weighted by Crippen LogP contribution is -2.42. The summed E-state index contributed by atoms with van der Waals surface area (Å²) >= 11 is 0. The van der Waals surface area contributed by atoms with Crippen molar-refractivity contribution in [3.05, 3.63) is 29.8 Å². The summed E-state index contributed by atoms with van der Waals surface area (Å²) in [5.74, 6) is 6.84. The Hall–Kier alpha value is -1.79. The largest absolute Gasteiger partial charge is 0.496 e. The molecule has 106 valence electrons. The van der Waals surface area contributed by atoms with Crippen molar-refractivity contribution in [2.75, 3.05) is 33.9 Å². The summed E-state index contributed by atoms with van der Waals surface area (Å²) in [6.07, 6.45) is 0.828. The van der Waals surface area contributed by atoms with E-state index < -0.39 is 0 Å². The summed E-state index contributed by atoms with van der Waals surface area (Å²) in [6, 6.07) is 7.93. The van der Waals surface area contributed by atoms with Crippen LogP contribution in [0.15, 0.2) is 29.3 Å². The summed E-state index contributed by atoms with van der Waals surface area (Å²) in [7, 11) is 3.31. The second kappa shape index (κ2) is 9.18. The molecule has 19 heavy (non-hydrogen) atoms. The molecule has 6 nitrogen and oxygen atoms in total. The maximum atomic E-state index is 5.38. The molecule has 0 aromatic heterocycles. The molecule has 0 aliphatic carbocycles. The molecule has 0 aliphatic rings. The third-order valence-electron chi connectivity index (χ3n) is 2.58. The number of hydrogen-bond donors (Lipinski definition) is 3. The first-order chi connectivity index (χ1) is 9.31. The van der Waals surface area contributed by atoms with Crippen molar-refractivity contribution < 1.29 is 9.47 Å². The van der Waals surface area contributed by atoms with Crippen molar-refractivity contribution in [1.82, 2.24) is 10.7 Å². The highest BCUT2D eigenvalue weighted by Crippen LogP contribution is 2.17. The Labute approximate surface area is 114 Å². The highest BCUT2D eigenvalue weighted by Gasteiger charge is 2.01. The van der Waals surface area contributed by atoms with Crippen LogP contribution < -0.4 is 21.3 Å². The molecule has 0 amide bonds. The van der Waals surface area contributed by atoms with Crippen molar-refractivity contribution in [2.24, 2.45) is 10.8 Å². The van der Waals surface area contributed by atoms with E-state index in [0.29, 0.717) is 19.1 Å². The summed E-state index contributed by atoms with van der Waals surface area (Å²) in [6.45, 7) is 1.85. The molecule has 1 aromatic rings. The lowest BCUT2D eigenvalue weighted by molar-refractivity contribution is 0.208. The number of ether oxygens (including phenoxy) is 2. The Morgan fingerprint density at radius 3 is 2.79 bits per heavy atom. The fourth-order valence-corrected chi connectivity index (χ4v) is 1.63. The fraction of sp³-hybridized carbons (Fsp3) is 0.462. The van der Waals surface area contributed by atoms with E-state index in [2.05, 4.69) is 15.7 Å². The van der Waals surface area contributed by atoms with Gasteiger partial charge in [0.1, 0.15) is 5.75 Å². The van der Waals surface area contributed by atoms with Crippen LogP contribution in [0.2, 0.25) is 0 Å². The quantitative estimate of drug-likeness (QED) is 0.217. The number of nitrogens with two attached hydrogens (primary N) is 1. The minimum Gasteiger partial charge on any atom is -0.496 e. The summed E-state index contributed by atoms with van der Waals surface area (Å²) < 4.78 is 10.2. The third kappa shape index (κ3) is 5.58. The molecule has 0 unspecified atom stereocenters. The maximum Gasteiger partial charge on any atom is 0.205 e. The number of hydrazine groups is 1. The molecular formula is C13H22N4O2. The second-order valence-corrected chi connectivity index (χ2v) is 3.86. The van der Waals surface area contributed by atoms with Gasteiger partial charge in [-0.05, 0) is 18.1 Å². The van der Waals surface area contributed by atoms with Gasteiger partial charge in [0.05, 0.1) is 20.3 Å². The maximum absolute atomic E-state index is 5.38. The Morgan fingerprint density at radius 2 is 2.11 bits per heavy atom. The van der Waals surface area contributed by atoms with Gasteiger partial charge in [0.15, 0.2) is 0 Å². The van der Waals surface area contributed by atoms with Crippen LogP contribution >= 0.6 is 0 Å². The van der Waals surface area contributed by atoms with E-state index in [1.165, 1.54) is 0 Å². The number of guanidine groups is 1. The van der Waals surface area contributed by atoms with Crippen LogP contribution in [0.25, 0.3) is 0 Å². The first-order valence-corrected chi connectivity index (χ1v) is 6.17. The molecule has 0 radical (unpaired) electrons. The predicted molar refractivity (Wildman–Crippen MR) is 76.2 cm³/mol. The van der Waals surface area contributed by atoms with E-state index in [1.807, 2.05) is 24.3 Å². The van der Waals surface area contributed by atoms with Gasteiger partial charge in [-0.15, -0.1) is 0 Å². The first-order valence-electron chi connectivity index (χ1n) is 6.17. The van der Waals surface area contributed by atoms with E-state index >= 15 is 0 Å². The van der Waals surface area contributed by atoms with Gasteiger partial charge in [0.25, 0.3) is 0 Å². The summed E-state index contributed by atoms with van der Waals surface area (Å²) in [5.41, 5.74) is 3.67. The normalized spacial score (nSPS) is 11.2. The number of rotatable bonds is 7. The third-order valence-corrected chi connectivity index (χ3v) is 2.58. The number of para-hydroxylation sites is 1. The lowest BCUT2D eigenvalue weighted by Gasteiger charge is -2.11. The minimum atomic E-state index is 0.562. The number of hydrogen-bond acceptors (Lipinski definition) is 4. The first kappa shape index (κ1) is 15.3. The molecule has 0 bridgehead atoms. The molecule has 1 aromatic carbocycles. The molecule has 0 saturated heterocycles. The highest BCUT2D eigenvalue weighted by molar-refractivity contribution is 5.79. The van der Waals surface area contributed by atoms with Gasteiger partial charge in [0, 0.05) is 13.7 Å². The average molecular weight is 266 g/mol. The van der Waals surface area contributed by atoms with E-state index in [1.54, 1.807) is 14.2 Å². The van der Waals surface area contributed by atoms with Crippen LogP contribution in [0.5, 0.6) is 5.75 Å². The topological polar surface area (TPSA) is 80.9 Å². The van der Waals surface area contributed by atoms with E-state index in [-0.39, 0.29) is 0 Å². The average Bonchev–Trinajstić information content (AvgIpc) is 2.46. The monoisotopic (exact) mass is 266 g/mol. The number of aliphatic imine (C=N–C) groups is 1. The van der Waals surface area contributed by atoms with Crippen molar-refractivity contribution in [1.29, 1.82) is 0 Å². The summed E-state index contributed by atoms with van der Waals surface area (Å²) in [5, 5.41) is 3.13. The van der Waals surface area contributed by atoms with Crippen LogP contribution in [0.4, 0.5) is 0 Å². The van der Waals surface area contributed by atoms with Gasteiger partial charge in [-0.1, -0.05) is 18.2 Å². The van der Waals surface area contributed by atoms with Crippen LogP contribution in [0.1, 0.15) is 5.56 Å². The zero-order valence-corrected chi connectivity index (χ0v) is 11.5. The number of nitrogens with one attached hydrogen (secondary N) is 2. The molecule has 6 heteroatoms. The van der Waals surface area contributed by atoms with Crippen molar-refractivity contribution >= 4 is 5.96 Å². The van der Waals surface area contributed by atoms with Crippen LogP contribution in [0, 0.1) is 0 Å². The molecule has 4 N–H and O–H groups in total. The smallest absolute Gasteiger partial charge is 0.205 e. The second-order valence-electron chi connectivity index (χ2n) is 3.86. The lowest BCUT2D eigenvalue weighted by atomic mass is 10.1. The van der Waals surface area contributed by atoms with Crippen molar-refractivity contribution in [3.63, 3.8) is 0 Å². The fourth-order valence-electron chi connectivity index (χ4n) is 1.63. The van der Waals surface area contributed by atoms with Crippen molar-refractivity contribution in [2.45, 2.75) is 6.42 Å². The van der Waals surface area contributed by atoms with Gasteiger partial charge in [-0.2, -0.15) is 0 Å². The number of methoxy groups -OCH3 is 2. The molecule has 1 rings (SSSR count). The Balaban J connectivity index is 2.41. The zero-order valence-electron chi connectivity index (χ0n) is 11.5. The molecular weight excluding hydrogens is 244 g/mol. The van der Waals surface area contributed by atoms with Gasteiger partial charge in [-0.3, -0.25) is 5.43 Å². The van der Waals surface area contributed by atoms with E-state index in [0.717, 1.165) is 24.3 Å². The number of nitrogens with zero attached hydrogens (tertiary/aromatic N) is 1. The van der Waals surface area contributed by atoms with Crippen LogP contribution in [0.3, 0.4) is 0 Å². The molecule has 0 heterocycles. The van der Waals surface area contributed by atoms with Gasteiger partial charge >= 0.3 is 0 Å². The Bertz CT molecular complexity index is 396. The van der Waals surface area contributed by atoms with Crippen LogP contribution in [-0.4, -0.2) is 39.9 Å². The molecule has 0 spiro atoms. The van der Waals surface area contributed by atoms with Gasteiger partial charge in [-0.25, -0.2) is 10.8 Å². The van der Waals surface area contributed by atoms with Gasteiger partial charge < -0.3 is 14.8 Å². The Morgan fingerprint density at radius 1 is 1.32 bits per heavy atom. The zero-order chi connectivity index (χ0) is 13.9. The van der Waals surface area contributed by atoms with E-state index in [4.69, 9.17) is 15.3 Å². The minimum absolute atomic E-state index is 0.562. The number of benzene rings is 1. The molecule has 0 atom stereocenters. The van der Waals surface area contributed by atoms with Crippen molar-refractivity contribution in [3.8, 4) is 5.75 Å². The Kier molecular flexibility index (Phi) is 7.38. The summed E-state index contributed by atoms with van der Waals surface area (Å²) in [4.78, 5) is 4.22. The molecule has 0 saturated carbocycles. The van der Waals surface area contributed by atoms with E-state index in [9.17, 15) is 0 Å². The van der Waals surface area contributed by atoms with Gasteiger partial charge in [0.2, 0.25) is 5.96 Å². The van der Waals surface area contributed by atoms with Crippen LogP contribution in [-0.2, 0) is 11.2 Å². The SMILES string of the molecule is COCCN=C(NN)NCCc1ccccc1OC. The molecule has 0 aliphatic heterocycles.